The number of aryl methyl sites for hydroxylation is 2. The fourth-order valence-corrected chi connectivity index (χ4v) is 3.70. The van der Waals surface area contributed by atoms with E-state index in [1.54, 1.807) is 6.07 Å². The molecule has 0 spiro atoms. The topological polar surface area (TPSA) is 63.4 Å². The molecule has 1 saturated heterocycles. The molecule has 3 rings (SSSR count). The third kappa shape index (κ3) is 4.51. The number of carbonyl (C=O) groups excluding carboxylic acids is 2. The molecule has 0 aromatic heterocycles. The van der Waals surface area contributed by atoms with Gasteiger partial charge in [-0.2, -0.15) is 0 Å². The maximum atomic E-state index is 12.5. The lowest BCUT2D eigenvalue weighted by Gasteiger charge is -2.17. The van der Waals surface area contributed by atoms with E-state index in [4.69, 9.17) is 5.73 Å². The zero-order valence-corrected chi connectivity index (χ0v) is 15.3. The Bertz CT molecular complexity index is 800. The van der Waals surface area contributed by atoms with E-state index in [0.717, 1.165) is 37.9 Å². The minimum atomic E-state index is -0.397. The normalized spacial score (nSPS) is 16.7. The van der Waals surface area contributed by atoms with E-state index in [9.17, 15) is 9.59 Å². The molecule has 2 amide bonds. The number of nitrogens with zero attached hydrogens (tertiary/aromatic N) is 1. The maximum absolute atomic E-state index is 12.5. The number of hydrogen-bond donors (Lipinski definition) is 1. The number of primary amides is 1. The fraction of sp³-hybridized carbons (Fsp3) is 0.364. The largest absolute Gasteiger partial charge is 0.366 e. The number of nitrogens with two attached hydrogens (primary N) is 1. The number of carbonyl (C=O) groups is 2. The number of hydrogen-bond acceptors (Lipinski definition) is 2. The van der Waals surface area contributed by atoms with E-state index in [2.05, 4.69) is 19.1 Å². The Morgan fingerprint density at radius 2 is 1.96 bits per heavy atom. The average Bonchev–Trinajstić information content (AvgIpc) is 3.09. The SMILES string of the molecule is Cc1ccccc1CCC(=O)N1CC[C@@H](Cc2cccc(C(N)=O)c2)C1. The van der Waals surface area contributed by atoms with Crippen molar-refractivity contribution in [1.82, 2.24) is 4.90 Å². The van der Waals surface area contributed by atoms with Gasteiger partial charge < -0.3 is 10.6 Å². The van der Waals surface area contributed by atoms with E-state index in [1.165, 1.54) is 11.1 Å². The number of amides is 2. The third-order valence-electron chi connectivity index (χ3n) is 5.24. The average molecular weight is 350 g/mol. The second-order valence-corrected chi connectivity index (χ2v) is 7.19. The van der Waals surface area contributed by atoms with Gasteiger partial charge in [0, 0.05) is 25.1 Å². The molecule has 2 aromatic rings. The summed E-state index contributed by atoms with van der Waals surface area (Å²) in [7, 11) is 0. The molecule has 1 heterocycles. The predicted molar refractivity (Wildman–Crippen MR) is 103 cm³/mol. The molecule has 2 aromatic carbocycles. The van der Waals surface area contributed by atoms with Crippen LogP contribution in [0.25, 0.3) is 0 Å². The van der Waals surface area contributed by atoms with Gasteiger partial charge in [-0.15, -0.1) is 0 Å². The van der Waals surface area contributed by atoms with Crippen molar-refractivity contribution < 1.29 is 9.59 Å². The highest BCUT2D eigenvalue weighted by Gasteiger charge is 2.26. The minimum absolute atomic E-state index is 0.238. The standard InChI is InChI=1S/C22H26N2O2/c1-16-5-2-3-7-19(16)9-10-21(25)24-12-11-18(15-24)13-17-6-4-8-20(14-17)22(23)26/h2-8,14,18H,9-13,15H2,1H3,(H2,23,26)/t18-/m0/s1. The summed E-state index contributed by atoms with van der Waals surface area (Å²) in [4.78, 5) is 25.8. The van der Waals surface area contributed by atoms with E-state index in [-0.39, 0.29) is 5.91 Å². The Morgan fingerprint density at radius 1 is 1.15 bits per heavy atom. The Morgan fingerprint density at radius 3 is 2.73 bits per heavy atom. The smallest absolute Gasteiger partial charge is 0.248 e. The van der Waals surface area contributed by atoms with Gasteiger partial charge in [-0.05, 0) is 60.9 Å². The molecule has 0 unspecified atom stereocenters. The number of rotatable bonds is 6. The molecule has 1 aliphatic heterocycles. The van der Waals surface area contributed by atoms with Crippen molar-refractivity contribution in [3.05, 3.63) is 70.8 Å². The second-order valence-electron chi connectivity index (χ2n) is 7.19. The molecule has 136 valence electrons. The van der Waals surface area contributed by atoms with Crippen molar-refractivity contribution in [3.63, 3.8) is 0 Å². The van der Waals surface area contributed by atoms with Crippen molar-refractivity contribution in [1.29, 1.82) is 0 Å². The Labute approximate surface area is 155 Å². The third-order valence-corrected chi connectivity index (χ3v) is 5.24. The first kappa shape index (κ1) is 18.2. The van der Waals surface area contributed by atoms with Gasteiger partial charge in [-0.3, -0.25) is 9.59 Å². The summed E-state index contributed by atoms with van der Waals surface area (Å²) >= 11 is 0. The quantitative estimate of drug-likeness (QED) is 0.870. The van der Waals surface area contributed by atoms with E-state index in [1.807, 2.05) is 35.2 Å². The lowest BCUT2D eigenvalue weighted by atomic mass is 9.97. The van der Waals surface area contributed by atoms with Gasteiger partial charge in [0.05, 0.1) is 0 Å². The fourth-order valence-electron chi connectivity index (χ4n) is 3.70. The van der Waals surface area contributed by atoms with E-state index >= 15 is 0 Å². The van der Waals surface area contributed by atoms with Gasteiger partial charge in [0.15, 0.2) is 0 Å². The molecule has 1 aliphatic rings. The van der Waals surface area contributed by atoms with Crippen LogP contribution in [0.2, 0.25) is 0 Å². The summed E-state index contributed by atoms with van der Waals surface area (Å²) in [5.41, 5.74) is 9.51. The summed E-state index contributed by atoms with van der Waals surface area (Å²) in [6.07, 6.45) is 3.25. The van der Waals surface area contributed by atoms with Crippen molar-refractivity contribution in [2.24, 2.45) is 11.7 Å². The molecule has 2 N–H and O–H groups in total. The van der Waals surface area contributed by atoms with Crippen LogP contribution >= 0.6 is 0 Å². The van der Waals surface area contributed by atoms with Gasteiger partial charge in [-0.25, -0.2) is 0 Å². The van der Waals surface area contributed by atoms with Crippen LogP contribution in [0, 0.1) is 12.8 Å². The van der Waals surface area contributed by atoms with Crippen LogP contribution in [0.15, 0.2) is 48.5 Å². The Hall–Kier alpha value is -2.62. The van der Waals surface area contributed by atoms with Gasteiger partial charge >= 0.3 is 0 Å². The van der Waals surface area contributed by atoms with Gasteiger partial charge in [0.1, 0.15) is 0 Å². The molecule has 4 heteroatoms. The molecule has 0 radical (unpaired) electrons. The van der Waals surface area contributed by atoms with Crippen LogP contribution in [0.1, 0.15) is 39.9 Å². The molecular formula is C22H26N2O2. The Balaban J connectivity index is 1.52. The molecule has 1 fully saturated rings. The summed E-state index contributed by atoms with van der Waals surface area (Å²) in [6.45, 7) is 3.71. The molecule has 4 nitrogen and oxygen atoms in total. The molecule has 0 aliphatic carbocycles. The first-order valence-electron chi connectivity index (χ1n) is 9.24. The van der Waals surface area contributed by atoms with Crippen molar-refractivity contribution in [3.8, 4) is 0 Å². The number of likely N-dealkylation sites (tertiary alicyclic amines) is 1. The van der Waals surface area contributed by atoms with Gasteiger partial charge in [-0.1, -0.05) is 36.4 Å². The Kier molecular flexibility index (Phi) is 5.71. The summed E-state index contributed by atoms with van der Waals surface area (Å²) in [5.74, 6) is 0.286. The summed E-state index contributed by atoms with van der Waals surface area (Å²) in [6, 6.07) is 15.7. The van der Waals surface area contributed by atoms with Crippen molar-refractivity contribution >= 4 is 11.8 Å². The molecule has 0 bridgehead atoms. The lowest BCUT2D eigenvalue weighted by Crippen LogP contribution is -2.29. The summed E-state index contributed by atoms with van der Waals surface area (Å²) < 4.78 is 0. The lowest BCUT2D eigenvalue weighted by molar-refractivity contribution is -0.130. The van der Waals surface area contributed by atoms with Crippen LogP contribution in [-0.4, -0.2) is 29.8 Å². The van der Waals surface area contributed by atoms with Crippen LogP contribution < -0.4 is 5.73 Å². The van der Waals surface area contributed by atoms with Crippen LogP contribution in [0.5, 0.6) is 0 Å². The van der Waals surface area contributed by atoms with E-state index < -0.39 is 5.91 Å². The zero-order valence-electron chi connectivity index (χ0n) is 15.3. The molecule has 0 saturated carbocycles. The molecular weight excluding hydrogens is 324 g/mol. The number of benzene rings is 2. The predicted octanol–water partition coefficient (Wildman–Crippen LogP) is 3.12. The highest BCUT2D eigenvalue weighted by Crippen LogP contribution is 2.22. The maximum Gasteiger partial charge on any atom is 0.248 e. The highest BCUT2D eigenvalue weighted by atomic mass is 16.2. The monoisotopic (exact) mass is 350 g/mol. The minimum Gasteiger partial charge on any atom is -0.366 e. The van der Waals surface area contributed by atoms with Crippen LogP contribution in [0.3, 0.4) is 0 Å². The van der Waals surface area contributed by atoms with Crippen LogP contribution in [0.4, 0.5) is 0 Å². The second kappa shape index (κ2) is 8.17. The van der Waals surface area contributed by atoms with Crippen molar-refractivity contribution in [2.75, 3.05) is 13.1 Å². The highest BCUT2D eigenvalue weighted by molar-refractivity contribution is 5.92. The molecule has 26 heavy (non-hydrogen) atoms. The van der Waals surface area contributed by atoms with Gasteiger partial charge in [0.2, 0.25) is 11.8 Å². The van der Waals surface area contributed by atoms with Gasteiger partial charge in [0.25, 0.3) is 0 Å². The zero-order chi connectivity index (χ0) is 18.5. The van der Waals surface area contributed by atoms with Crippen LogP contribution in [-0.2, 0) is 17.6 Å². The van der Waals surface area contributed by atoms with E-state index in [0.29, 0.717) is 17.9 Å². The van der Waals surface area contributed by atoms with Crippen molar-refractivity contribution in [2.45, 2.75) is 32.6 Å². The first-order valence-corrected chi connectivity index (χ1v) is 9.24. The molecule has 1 atom stereocenters. The first-order chi connectivity index (χ1) is 12.5. The summed E-state index contributed by atoms with van der Waals surface area (Å²) in [5, 5.41) is 0.